The van der Waals surface area contributed by atoms with Crippen molar-refractivity contribution in [3.05, 3.63) is 72.2 Å². The van der Waals surface area contributed by atoms with Crippen LogP contribution in [0.2, 0.25) is 0 Å². The Balaban J connectivity index is 1.51. The first-order chi connectivity index (χ1) is 17.5. The van der Waals surface area contributed by atoms with Gasteiger partial charge in [-0.1, -0.05) is 12.0 Å². The van der Waals surface area contributed by atoms with Crippen LogP contribution in [0, 0.1) is 24.6 Å². The third-order valence-corrected chi connectivity index (χ3v) is 6.71. The summed E-state index contributed by atoms with van der Waals surface area (Å²) in [5.74, 6) is 7.61. The lowest BCUT2D eigenvalue weighted by atomic mass is 10.1. The molecule has 1 fully saturated rings. The first-order valence-electron chi connectivity index (χ1n) is 12.1. The summed E-state index contributed by atoms with van der Waals surface area (Å²) in [5, 5.41) is 0. The quantitative estimate of drug-likeness (QED) is 0.305. The molecule has 2 atom stereocenters. The number of aromatic nitrogens is 3. The van der Waals surface area contributed by atoms with Crippen molar-refractivity contribution < 1.29 is 13.9 Å². The number of likely N-dealkylation sites (tertiary alicyclic amines) is 1. The Morgan fingerprint density at radius 2 is 1.92 bits per heavy atom. The van der Waals surface area contributed by atoms with Crippen LogP contribution < -0.4 is 9.47 Å². The van der Waals surface area contributed by atoms with Crippen molar-refractivity contribution in [1.82, 2.24) is 19.3 Å². The molecule has 5 rings (SSSR count). The predicted molar refractivity (Wildman–Crippen MR) is 138 cm³/mol. The van der Waals surface area contributed by atoms with Crippen molar-refractivity contribution >= 4 is 5.52 Å². The molecule has 36 heavy (non-hydrogen) atoms. The monoisotopic (exact) mass is 484 g/mol. The number of hydrogen-bond acceptors (Lipinski definition) is 5. The topological polar surface area (TPSA) is 51.9 Å². The molecule has 1 aliphatic rings. The summed E-state index contributed by atoms with van der Waals surface area (Å²) in [5.41, 5.74) is 3.71. The van der Waals surface area contributed by atoms with Crippen LogP contribution in [0.15, 0.2) is 54.9 Å². The summed E-state index contributed by atoms with van der Waals surface area (Å²) in [6.07, 6.45) is 5.96. The average molecular weight is 485 g/mol. The number of nitrogens with zero attached hydrogens (tertiary/aromatic N) is 4. The van der Waals surface area contributed by atoms with Gasteiger partial charge in [-0.2, -0.15) is 4.39 Å². The Bertz CT molecular complexity index is 1450. The molecule has 0 bridgehead atoms. The van der Waals surface area contributed by atoms with Crippen molar-refractivity contribution in [3.8, 4) is 40.3 Å². The van der Waals surface area contributed by atoms with Gasteiger partial charge in [0.25, 0.3) is 0 Å². The van der Waals surface area contributed by atoms with Crippen LogP contribution in [0.4, 0.5) is 4.39 Å². The maximum absolute atomic E-state index is 14.5. The summed E-state index contributed by atoms with van der Waals surface area (Å²) in [7, 11) is 1.43. The molecule has 4 aromatic rings. The van der Waals surface area contributed by atoms with E-state index in [2.05, 4.69) is 33.0 Å². The van der Waals surface area contributed by atoms with E-state index in [9.17, 15) is 4.39 Å². The Morgan fingerprint density at radius 3 is 2.67 bits per heavy atom. The van der Waals surface area contributed by atoms with Crippen LogP contribution >= 0.6 is 0 Å². The van der Waals surface area contributed by atoms with Gasteiger partial charge >= 0.3 is 0 Å². The van der Waals surface area contributed by atoms with Crippen LogP contribution in [0.1, 0.15) is 44.2 Å². The van der Waals surface area contributed by atoms with Gasteiger partial charge in [0, 0.05) is 24.5 Å². The molecule has 0 saturated carbocycles. The molecular formula is C29H29FN4O2. The second kappa shape index (κ2) is 10.00. The molecule has 1 saturated heterocycles. The molecule has 0 N–H and O–H groups in total. The van der Waals surface area contributed by atoms with Gasteiger partial charge < -0.3 is 9.47 Å². The van der Waals surface area contributed by atoms with Gasteiger partial charge in [-0.25, -0.2) is 4.98 Å². The van der Waals surface area contributed by atoms with Gasteiger partial charge in [0.15, 0.2) is 11.5 Å². The van der Waals surface area contributed by atoms with Crippen LogP contribution in [0.25, 0.3) is 16.8 Å². The van der Waals surface area contributed by atoms with Gasteiger partial charge in [0.1, 0.15) is 11.6 Å². The third-order valence-electron chi connectivity index (χ3n) is 6.71. The highest BCUT2D eigenvalue weighted by atomic mass is 19.1. The zero-order valence-electron chi connectivity index (χ0n) is 21.0. The van der Waals surface area contributed by atoms with Crippen molar-refractivity contribution in [3.63, 3.8) is 0 Å². The molecule has 0 aliphatic carbocycles. The minimum atomic E-state index is -0.529. The largest absolute Gasteiger partial charge is 0.494 e. The molecule has 0 amide bonds. The van der Waals surface area contributed by atoms with E-state index < -0.39 is 5.82 Å². The van der Waals surface area contributed by atoms with Crippen molar-refractivity contribution in [2.45, 2.75) is 45.7 Å². The lowest BCUT2D eigenvalue weighted by Crippen LogP contribution is -2.32. The number of aryl methyl sites for hydroxylation is 1. The third kappa shape index (κ3) is 4.29. The van der Waals surface area contributed by atoms with E-state index in [0.717, 1.165) is 47.7 Å². The molecule has 6 nitrogen and oxygen atoms in total. The summed E-state index contributed by atoms with van der Waals surface area (Å²) in [4.78, 5) is 12.1. The van der Waals surface area contributed by atoms with E-state index in [1.807, 2.05) is 50.5 Å². The second-order valence-electron chi connectivity index (χ2n) is 8.91. The standard InChI is InChI=1S/C29H29FN4O2/c1-5-8-19(2)33-17-7-9-23(33)29-32-27(28-20(3)31-16-18-34(28)29)21-12-14-22(15-13-21)36-25-11-6-10-24(35-4)26(25)30/h6,10-16,18-19,23H,7,9,17H2,1-4H3/t19?,23-/m0/s1. The van der Waals surface area contributed by atoms with Crippen LogP contribution in [-0.4, -0.2) is 39.0 Å². The lowest BCUT2D eigenvalue weighted by molar-refractivity contribution is 0.222. The Hall–Kier alpha value is -3.89. The number of hydrogen-bond donors (Lipinski definition) is 0. The van der Waals surface area contributed by atoms with Crippen molar-refractivity contribution in [1.29, 1.82) is 0 Å². The second-order valence-corrected chi connectivity index (χ2v) is 8.91. The molecule has 3 heterocycles. The number of benzene rings is 2. The number of rotatable bonds is 6. The number of halogens is 1. The molecule has 2 aromatic heterocycles. The molecular weight excluding hydrogens is 455 g/mol. The zero-order chi connectivity index (χ0) is 25.2. The highest BCUT2D eigenvalue weighted by Gasteiger charge is 2.33. The highest BCUT2D eigenvalue weighted by Crippen LogP contribution is 2.37. The highest BCUT2D eigenvalue weighted by molar-refractivity contribution is 5.79. The van der Waals surface area contributed by atoms with Crippen LogP contribution in [-0.2, 0) is 0 Å². The number of ether oxygens (including phenoxy) is 2. The van der Waals surface area contributed by atoms with E-state index >= 15 is 0 Å². The molecule has 1 aliphatic heterocycles. The fourth-order valence-electron chi connectivity index (χ4n) is 5.01. The van der Waals surface area contributed by atoms with Gasteiger partial charge in [0.05, 0.1) is 36.1 Å². The van der Waals surface area contributed by atoms with Crippen molar-refractivity contribution in [2.24, 2.45) is 0 Å². The van der Waals surface area contributed by atoms with E-state index in [4.69, 9.17) is 14.5 Å². The Morgan fingerprint density at radius 1 is 1.14 bits per heavy atom. The van der Waals surface area contributed by atoms with Gasteiger partial charge in [-0.05, 0) is 70.0 Å². The summed E-state index contributed by atoms with van der Waals surface area (Å²) < 4.78 is 27.5. The zero-order valence-corrected chi connectivity index (χ0v) is 21.0. The first-order valence-corrected chi connectivity index (χ1v) is 12.1. The molecule has 2 aromatic carbocycles. The lowest BCUT2D eigenvalue weighted by Gasteiger charge is -2.26. The van der Waals surface area contributed by atoms with Gasteiger partial charge in [-0.15, -0.1) is 5.92 Å². The van der Waals surface area contributed by atoms with Crippen LogP contribution in [0.3, 0.4) is 0 Å². The smallest absolute Gasteiger partial charge is 0.207 e. The van der Waals surface area contributed by atoms with E-state index in [1.54, 1.807) is 18.2 Å². The fourth-order valence-corrected chi connectivity index (χ4v) is 5.01. The summed E-state index contributed by atoms with van der Waals surface area (Å²) in [6, 6.07) is 12.7. The van der Waals surface area contributed by atoms with Crippen molar-refractivity contribution in [2.75, 3.05) is 13.7 Å². The van der Waals surface area contributed by atoms with E-state index in [1.165, 1.54) is 7.11 Å². The average Bonchev–Trinajstić information content (AvgIpc) is 3.52. The van der Waals surface area contributed by atoms with Gasteiger partial charge in [0.2, 0.25) is 5.82 Å². The number of fused-ring (bicyclic) bond motifs is 1. The Labute approximate surface area is 210 Å². The normalized spacial score (nSPS) is 16.5. The van der Waals surface area contributed by atoms with E-state index in [0.29, 0.717) is 5.75 Å². The maximum Gasteiger partial charge on any atom is 0.207 e. The predicted octanol–water partition coefficient (Wildman–Crippen LogP) is 6.19. The SMILES string of the molecule is CC#CC(C)N1CCC[C@H]1c1nc(-c2ccc(Oc3cccc(OC)c3F)cc2)c2c(C)nccn12. The molecule has 184 valence electrons. The van der Waals surface area contributed by atoms with Crippen LogP contribution in [0.5, 0.6) is 17.2 Å². The molecule has 0 radical (unpaired) electrons. The maximum atomic E-state index is 14.5. The fraction of sp³-hybridized carbons (Fsp3) is 0.310. The molecule has 1 unspecified atom stereocenters. The molecule has 7 heteroatoms. The Kier molecular flexibility index (Phi) is 6.62. The minimum Gasteiger partial charge on any atom is -0.494 e. The summed E-state index contributed by atoms with van der Waals surface area (Å²) in [6.45, 7) is 7.05. The first kappa shape index (κ1) is 23.8. The number of imidazole rings is 1. The van der Waals surface area contributed by atoms with Gasteiger partial charge in [-0.3, -0.25) is 14.3 Å². The molecule has 0 spiro atoms. The van der Waals surface area contributed by atoms with E-state index in [-0.39, 0.29) is 23.6 Å². The number of methoxy groups -OCH3 is 1. The summed E-state index contributed by atoms with van der Waals surface area (Å²) >= 11 is 0. The minimum absolute atomic E-state index is 0.113.